The summed E-state index contributed by atoms with van der Waals surface area (Å²) in [6, 6.07) is 13.7. The third kappa shape index (κ3) is 6.73. The molecule has 1 aliphatic heterocycles. The summed E-state index contributed by atoms with van der Waals surface area (Å²) < 4.78 is 11.2. The molecule has 0 radical (unpaired) electrons. The SMILES string of the molecule is COC(=O)c1c(CCCO)c2ccc(Cl)c(-c3c(CN(C)Cc4cc(CSc5cc(O)c6ncccc6c5)n(C)n4)nn4c3CCCC4)c2n1C. The molecule has 13 heteroatoms. The summed E-state index contributed by atoms with van der Waals surface area (Å²) in [4.78, 5) is 20.6. The Morgan fingerprint density at radius 1 is 1.10 bits per heavy atom. The van der Waals surface area contributed by atoms with Crippen molar-refractivity contribution in [2.24, 2.45) is 14.1 Å². The van der Waals surface area contributed by atoms with Gasteiger partial charge in [-0.15, -0.1) is 11.8 Å². The van der Waals surface area contributed by atoms with Gasteiger partial charge >= 0.3 is 5.97 Å². The fourth-order valence-electron chi connectivity index (χ4n) is 7.41. The van der Waals surface area contributed by atoms with E-state index in [9.17, 15) is 15.0 Å². The first-order valence-electron chi connectivity index (χ1n) is 17.2. The van der Waals surface area contributed by atoms with Crippen LogP contribution in [0.15, 0.2) is 53.6 Å². The summed E-state index contributed by atoms with van der Waals surface area (Å²) in [5.41, 5.74) is 8.80. The van der Waals surface area contributed by atoms with Crippen LogP contribution in [0, 0.1) is 0 Å². The van der Waals surface area contributed by atoms with Crippen molar-refractivity contribution in [3.8, 4) is 16.9 Å². The largest absolute Gasteiger partial charge is 0.506 e. The van der Waals surface area contributed by atoms with Gasteiger partial charge in [-0.3, -0.25) is 19.2 Å². The number of esters is 1. The number of thioether (sulfide) groups is 1. The number of phenols is 1. The number of carbonyl (C=O) groups is 1. The van der Waals surface area contributed by atoms with Crippen molar-refractivity contribution in [3.63, 3.8) is 0 Å². The predicted molar refractivity (Wildman–Crippen MR) is 200 cm³/mol. The monoisotopic (exact) mass is 727 g/mol. The summed E-state index contributed by atoms with van der Waals surface area (Å²) in [6.07, 6.45) is 5.76. The minimum atomic E-state index is -0.415. The van der Waals surface area contributed by atoms with Crippen LogP contribution in [0.1, 0.15) is 58.1 Å². The summed E-state index contributed by atoms with van der Waals surface area (Å²) >= 11 is 8.76. The number of halogens is 1. The quantitative estimate of drug-likeness (QED) is 0.105. The first kappa shape index (κ1) is 35.1. The van der Waals surface area contributed by atoms with Gasteiger partial charge in [-0.05, 0) is 75.0 Å². The molecule has 4 aromatic heterocycles. The minimum absolute atomic E-state index is 0.0222. The number of aromatic hydroxyl groups is 1. The third-order valence-corrected chi connectivity index (χ3v) is 11.0. The predicted octanol–water partition coefficient (Wildman–Crippen LogP) is 6.65. The Morgan fingerprint density at radius 3 is 2.75 bits per heavy atom. The number of hydrogen-bond donors (Lipinski definition) is 2. The molecule has 0 spiro atoms. The molecule has 0 atom stereocenters. The number of nitrogens with zero attached hydrogens (tertiary/aromatic N) is 7. The Kier molecular flexibility index (Phi) is 10.1. The van der Waals surface area contributed by atoms with Gasteiger partial charge in [0.25, 0.3) is 0 Å². The molecule has 0 unspecified atom stereocenters. The maximum Gasteiger partial charge on any atom is 0.354 e. The molecule has 6 aromatic rings. The lowest BCUT2D eigenvalue weighted by atomic mass is 9.95. The smallest absolute Gasteiger partial charge is 0.354 e. The molecule has 2 aromatic carbocycles. The summed E-state index contributed by atoms with van der Waals surface area (Å²) in [7, 11) is 7.31. The summed E-state index contributed by atoms with van der Waals surface area (Å²) in [6.45, 7) is 2.05. The maximum atomic E-state index is 13.1. The highest BCUT2D eigenvalue weighted by atomic mass is 35.5. The van der Waals surface area contributed by atoms with Gasteiger partial charge in [0.1, 0.15) is 17.0 Å². The van der Waals surface area contributed by atoms with E-state index in [4.69, 9.17) is 26.5 Å². The second-order valence-electron chi connectivity index (χ2n) is 13.2. The summed E-state index contributed by atoms with van der Waals surface area (Å²) in [5.74, 6) is 0.462. The zero-order valence-electron chi connectivity index (χ0n) is 29.3. The third-order valence-electron chi connectivity index (χ3n) is 9.71. The van der Waals surface area contributed by atoms with Gasteiger partial charge in [-0.25, -0.2) is 4.79 Å². The molecule has 11 nitrogen and oxygen atoms in total. The Morgan fingerprint density at radius 2 is 1.94 bits per heavy atom. The normalized spacial score (nSPS) is 13.1. The number of pyridine rings is 1. The molecular formula is C38H42ClN7O4S. The number of aliphatic hydroxyl groups is 1. The van der Waals surface area contributed by atoms with Crippen LogP contribution >= 0.6 is 23.4 Å². The lowest BCUT2D eigenvalue weighted by molar-refractivity contribution is 0.0589. The van der Waals surface area contributed by atoms with Gasteiger partial charge in [-0.1, -0.05) is 23.7 Å². The zero-order valence-corrected chi connectivity index (χ0v) is 30.9. The van der Waals surface area contributed by atoms with Crippen molar-refractivity contribution in [1.82, 2.24) is 34.0 Å². The molecule has 0 saturated heterocycles. The number of aliphatic hydroxyl groups excluding tert-OH is 1. The van der Waals surface area contributed by atoms with E-state index in [1.807, 2.05) is 53.7 Å². The van der Waals surface area contributed by atoms with E-state index in [2.05, 4.69) is 27.7 Å². The van der Waals surface area contributed by atoms with E-state index >= 15 is 0 Å². The van der Waals surface area contributed by atoms with Crippen molar-refractivity contribution < 1.29 is 19.7 Å². The average Bonchev–Trinajstić information content (AvgIpc) is 3.75. The van der Waals surface area contributed by atoms with Crippen molar-refractivity contribution in [3.05, 3.63) is 87.7 Å². The second kappa shape index (κ2) is 14.7. The van der Waals surface area contributed by atoms with Crippen LogP contribution in [0.4, 0.5) is 0 Å². The van der Waals surface area contributed by atoms with Crippen LogP contribution in [0.3, 0.4) is 0 Å². The lowest BCUT2D eigenvalue weighted by Crippen LogP contribution is -2.18. The van der Waals surface area contributed by atoms with E-state index in [1.165, 1.54) is 7.11 Å². The van der Waals surface area contributed by atoms with Gasteiger partial charge in [0.2, 0.25) is 0 Å². The van der Waals surface area contributed by atoms with Crippen LogP contribution < -0.4 is 0 Å². The number of benzene rings is 2. The molecule has 2 N–H and O–H groups in total. The van der Waals surface area contributed by atoms with Crippen LogP contribution in [0.5, 0.6) is 5.75 Å². The number of hydrogen-bond acceptors (Lipinski definition) is 9. The van der Waals surface area contributed by atoms with Gasteiger partial charge < -0.3 is 19.5 Å². The standard InChI is InChI=1S/C38H42ClN7O4S/c1-43(20-24-18-25(45(3)41-24)22-51-26-17-23-9-7-14-40-35(23)32(48)19-26)21-30-34(31-11-5-6-15-46(31)42-30)33-29(39)13-12-28-27(10-8-16-47)37(38(49)50-4)44(2)36(28)33/h7,9,12-14,17-19,47-48H,5-6,8,10-11,15-16,20-22H2,1-4H3. The molecule has 0 bridgehead atoms. The van der Waals surface area contributed by atoms with Gasteiger partial charge in [0.05, 0.1) is 29.0 Å². The maximum absolute atomic E-state index is 13.1. The molecule has 266 valence electrons. The molecule has 0 saturated carbocycles. The number of aryl methyl sites for hydroxylation is 4. The van der Waals surface area contributed by atoms with Crippen molar-refractivity contribution >= 4 is 51.1 Å². The highest BCUT2D eigenvalue weighted by Crippen LogP contribution is 2.43. The van der Waals surface area contributed by atoms with Crippen molar-refractivity contribution in [2.75, 3.05) is 20.8 Å². The van der Waals surface area contributed by atoms with E-state index < -0.39 is 5.97 Å². The Hall–Kier alpha value is -4.36. The number of aromatic nitrogens is 6. The van der Waals surface area contributed by atoms with Gasteiger partial charge in [-0.2, -0.15) is 10.2 Å². The van der Waals surface area contributed by atoms with E-state index in [1.54, 1.807) is 24.0 Å². The topological polar surface area (TPSA) is 123 Å². The zero-order chi connectivity index (χ0) is 35.8. The number of methoxy groups -OCH3 is 1. The van der Waals surface area contributed by atoms with Crippen LogP contribution in [0.25, 0.3) is 32.9 Å². The Balaban J connectivity index is 1.18. The molecule has 51 heavy (non-hydrogen) atoms. The number of rotatable bonds is 12. The van der Waals surface area contributed by atoms with Crippen molar-refractivity contribution in [2.45, 2.75) is 62.4 Å². The molecule has 0 fully saturated rings. The average molecular weight is 728 g/mol. The lowest BCUT2D eigenvalue weighted by Gasteiger charge is -2.18. The van der Waals surface area contributed by atoms with E-state index in [0.29, 0.717) is 47.9 Å². The highest BCUT2D eigenvalue weighted by Gasteiger charge is 2.30. The van der Waals surface area contributed by atoms with Gasteiger partial charge in [0, 0.05) is 90.5 Å². The number of fused-ring (bicyclic) bond motifs is 3. The Bertz CT molecular complexity index is 2260. The fourth-order valence-corrected chi connectivity index (χ4v) is 8.64. The molecule has 1 aliphatic rings. The number of ether oxygens (including phenoxy) is 1. The molecular weight excluding hydrogens is 686 g/mol. The number of phenolic OH excluding ortho intramolecular Hbond substituents is 1. The van der Waals surface area contributed by atoms with Gasteiger partial charge in [0.15, 0.2) is 0 Å². The first-order valence-corrected chi connectivity index (χ1v) is 18.5. The summed E-state index contributed by atoms with van der Waals surface area (Å²) in [5, 5.41) is 32.6. The second-order valence-corrected chi connectivity index (χ2v) is 14.7. The van der Waals surface area contributed by atoms with Crippen LogP contribution in [0.2, 0.25) is 5.02 Å². The number of carbonyl (C=O) groups excluding carboxylic acids is 1. The molecule has 5 heterocycles. The van der Waals surface area contributed by atoms with Crippen LogP contribution in [-0.2, 0) is 57.1 Å². The van der Waals surface area contributed by atoms with E-state index in [0.717, 1.165) is 86.5 Å². The molecule has 0 aliphatic carbocycles. The fraction of sp³-hybridized carbons (Fsp3) is 0.368. The van der Waals surface area contributed by atoms with Crippen LogP contribution in [-0.4, -0.2) is 71.0 Å². The molecule has 0 amide bonds. The highest BCUT2D eigenvalue weighted by molar-refractivity contribution is 7.98. The minimum Gasteiger partial charge on any atom is -0.506 e. The Labute approximate surface area is 305 Å². The molecule has 7 rings (SSSR count). The van der Waals surface area contributed by atoms with Crippen molar-refractivity contribution in [1.29, 1.82) is 0 Å². The first-order chi connectivity index (χ1) is 24.7. The van der Waals surface area contributed by atoms with E-state index in [-0.39, 0.29) is 12.4 Å².